The maximum absolute atomic E-state index is 12.7. The number of benzene rings is 1. The number of nitrogens with one attached hydrogen (secondary N) is 2. The fourth-order valence-corrected chi connectivity index (χ4v) is 5.01. The summed E-state index contributed by atoms with van der Waals surface area (Å²) in [4.78, 5) is 31.1. The summed E-state index contributed by atoms with van der Waals surface area (Å²) in [5.41, 5.74) is 1.14. The van der Waals surface area contributed by atoms with Crippen LogP contribution in [0, 0.1) is 23.7 Å². The molecule has 1 aromatic rings. The molecule has 0 radical (unpaired) electrons. The molecule has 0 spiro atoms. The predicted molar refractivity (Wildman–Crippen MR) is 131 cm³/mol. The summed E-state index contributed by atoms with van der Waals surface area (Å²) in [7, 11) is 1.71. The average molecular weight is 538 g/mol. The molecule has 2 amide bonds. The Morgan fingerprint density at radius 2 is 1.74 bits per heavy atom. The number of aliphatic imine (C=N–C) groups is 1. The van der Waals surface area contributed by atoms with Crippen LogP contribution in [0.2, 0.25) is 0 Å². The molecule has 1 heterocycles. The van der Waals surface area contributed by atoms with E-state index in [2.05, 4.69) is 33.8 Å². The molecule has 31 heavy (non-hydrogen) atoms. The molecule has 3 aliphatic rings. The van der Waals surface area contributed by atoms with Gasteiger partial charge in [0.25, 0.3) is 0 Å². The van der Waals surface area contributed by atoms with Crippen LogP contribution >= 0.6 is 24.0 Å². The molecule has 1 saturated carbocycles. The van der Waals surface area contributed by atoms with Crippen LogP contribution in [0.1, 0.15) is 18.9 Å². The largest absolute Gasteiger partial charge is 0.494 e. The number of guanidine groups is 1. The Morgan fingerprint density at radius 3 is 2.39 bits per heavy atom. The van der Waals surface area contributed by atoms with Crippen LogP contribution in [0.15, 0.2) is 41.4 Å². The standard InChI is InChI=1S/C23H30N4O3.HI/c1-3-30-18-7-5-4-6-15(18)10-11-25-23(24-2)26-12-13-27-21(28)19-16-8-9-17(14-16)20(19)22(27)29;/h4-9,16-17,19-20H,3,10-14H2,1-2H3,(H2,24,25,26);1H. The molecule has 0 aromatic heterocycles. The van der Waals surface area contributed by atoms with Gasteiger partial charge in [0.05, 0.1) is 18.4 Å². The first-order chi connectivity index (χ1) is 14.6. The van der Waals surface area contributed by atoms with Crippen molar-refractivity contribution in [3.63, 3.8) is 0 Å². The maximum atomic E-state index is 12.7. The van der Waals surface area contributed by atoms with Crippen molar-refractivity contribution in [3.05, 3.63) is 42.0 Å². The molecular weight excluding hydrogens is 507 g/mol. The Balaban J connectivity index is 0.00000272. The van der Waals surface area contributed by atoms with E-state index < -0.39 is 0 Å². The number of fused-ring (bicyclic) bond motifs is 5. The van der Waals surface area contributed by atoms with Gasteiger partial charge >= 0.3 is 0 Å². The Labute approximate surface area is 200 Å². The SMILES string of the molecule is CCOc1ccccc1CCNC(=NC)NCCN1C(=O)C2C3C=CC(C3)C2C1=O.I. The van der Waals surface area contributed by atoms with Crippen LogP contribution in [0.25, 0.3) is 0 Å². The van der Waals surface area contributed by atoms with Crippen LogP contribution < -0.4 is 15.4 Å². The van der Waals surface area contributed by atoms with Gasteiger partial charge in [-0.3, -0.25) is 19.5 Å². The van der Waals surface area contributed by atoms with Crippen LogP contribution in [0.3, 0.4) is 0 Å². The number of imide groups is 1. The Kier molecular flexibility index (Phi) is 7.96. The molecule has 4 unspecified atom stereocenters. The Bertz CT molecular complexity index is 842. The number of rotatable bonds is 8. The average Bonchev–Trinajstić information content (AvgIpc) is 3.43. The molecule has 1 saturated heterocycles. The van der Waals surface area contributed by atoms with Crippen LogP contribution in [-0.2, 0) is 16.0 Å². The van der Waals surface area contributed by atoms with Crippen LogP contribution in [-0.4, -0.2) is 56.0 Å². The van der Waals surface area contributed by atoms with Crippen molar-refractivity contribution < 1.29 is 14.3 Å². The van der Waals surface area contributed by atoms with Gasteiger partial charge in [0.2, 0.25) is 11.8 Å². The minimum Gasteiger partial charge on any atom is -0.494 e. The predicted octanol–water partition coefficient (Wildman–Crippen LogP) is 2.22. The van der Waals surface area contributed by atoms with Crippen molar-refractivity contribution in [1.82, 2.24) is 15.5 Å². The molecule has 4 rings (SSSR count). The number of ether oxygens (including phenoxy) is 1. The number of hydrogen-bond acceptors (Lipinski definition) is 4. The lowest BCUT2D eigenvalue weighted by molar-refractivity contribution is -0.140. The molecular formula is C23H31IN4O3. The number of amides is 2. The molecule has 1 aromatic carbocycles. The van der Waals surface area contributed by atoms with Gasteiger partial charge in [0.1, 0.15) is 5.75 Å². The van der Waals surface area contributed by atoms with E-state index in [4.69, 9.17) is 4.74 Å². The van der Waals surface area contributed by atoms with Gasteiger partial charge in [-0.15, -0.1) is 24.0 Å². The summed E-state index contributed by atoms with van der Waals surface area (Å²) in [5, 5.41) is 6.50. The fraction of sp³-hybridized carbons (Fsp3) is 0.522. The lowest BCUT2D eigenvalue weighted by Crippen LogP contribution is -2.44. The third-order valence-electron chi connectivity index (χ3n) is 6.37. The molecule has 4 atom stereocenters. The first-order valence-corrected chi connectivity index (χ1v) is 10.8. The topological polar surface area (TPSA) is 83.0 Å². The monoisotopic (exact) mass is 538 g/mol. The second kappa shape index (κ2) is 10.5. The molecule has 2 fully saturated rings. The molecule has 1 aliphatic heterocycles. The molecule has 168 valence electrons. The number of carbonyl (C=O) groups is 2. The van der Waals surface area contributed by atoms with Crippen molar-refractivity contribution in [2.24, 2.45) is 28.7 Å². The van der Waals surface area contributed by atoms with E-state index in [-0.39, 0.29) is 59.5 Å². The van der Waals surface area contributed by atoms with Crippen LogP contribution in [0.5, 0.6) is 5.75 Å². The first-order valence-electron chi connectivity index (χ1n) is 10.8. The smallest absolute Gasteiger partial charge is 0.233 e. The lowest BCUT2D eigenvalue weighted by atomic mass is 9.85. The van der Waals surface area contributed by atoms with Crippen molar-refractivity contribution in [2.75, 3.05) is 33.3 Å². The second-order valence-corrected chi connectivity index (χ2v) is 8.04. The number of carbonyl (C=O) groups excluding carboxylic acids is 2. The third kappa shape index (κ3) is 4.73. The number of para-hydroxylation sites is 1. The summed E-state index contributed by atoms with van der Waals surface area (Å²) in [6.45, 7) is 4.17. The zero-order chi connectivity index (χ0) is 21.1. The van der Waals surface area contributed by atoms with Gasteiger partial charge in [0, 0.05) is 26.7 Å². The van der Waals surface area contributed by atoms with Gasteiger partial charge < -0.3 is 15.4 Å². The normalized spacial score (nSPS) is 26.1. The van der Waals surface area contributed by atoms with Crippen molar-refractivity contribution >= 4 is 41.8 Å². The molecule has 2 N–H and O–H groups in total. The molecule has 2 bridgehead atoms. The number of likely N-dealkylation sites (tertiary alicyclic amines) is 1. The number of hydrogen-bond donors (Lipinski definition) is 2. The summed E-state index contributed by atoms with van der Waals surface area (Å²) >= 11 is 0. The van der Waals surface area contributed by atoms with E-state index in [0.29, 0.717) is 32.2 Å². The highest BCUT2D eigenvalue weighted by atomic mass is 127. The van der Waals surface area contributed by atoms with E-state index in [1.54, 1.807) is 7.05 Å². The van der Waals surface area contributed by atoms with Gasteiger partial charge in [0.15, 0.2) is 5.96 Å². The summed E-state index contributed by atoms with van der Waals surface area (Å²) in [6, 6.07) is 8.02. The molecule has 8 heteroatoms. The van der Waals surface area contributed by atoms with Gasteiger partial charge in [-0.25, -0.2) is 0 Å². The summed E-state index contributed by atoms with van der Waals surface area (Å²) in [5.74, 6) is 1.81. The third-order valence-corrected chi connectivity index (χ3v) is 6.37. The zero-order valence-corrected chi connectivity index (χ0v) is 20.4. The summed E-state index contributed by atoms with van der Waals surface area (Å²) < 4.78 is 5.67. The number of allylic oxidation sites excluding steroid dienone is 2. The van der Waals surface area contributed by atoms with Crippen molar-refractivity contribution in [3.8, 4) is 5.75 Å². The van der Waals surface area contributed by atoms with Gasteiger partial charge in [-0.2, -0.15) is 0 Å². The van der Waals surface area contributed by atoms with E-state index in [1.165, 1.54) is 4.90 Å². The second-order valence-electron chi connectivity index (χ2n) is 8.04. The van der Waals surface area contributed by atoms with E-state index in [0.717, 1.165) is 24.2 Å². The highest BCUT2D eigenvalue weighted by Gasteiger charge is 2.58. The quantitative estimate of drug-likeness (QED) is 0.175. The summed E-state index contributed by atoms with van der Waals surface area (Å²) in [6.07, 6.45) is 6.00. The fourth-order valence-electron chi connectivity index (χ4n) is 5.01. The van der Waals surface area contributed by atoms with Crippen LogP contribution in [0.4, 0.5) is 0 Å². The number of nitrogens with zero attached hydrogens (tertiary/aromatic N) is 2. The molecule has 7 nitrogen and oxygen atoms in total. The van der Waals surface area contributed by atoms with Gasteiger partial charge in [-0.05, 0) is 43.2 Å². The molecule has 2 aliphatic carbocycles. The van der Waals surface area contributed by atoms with E-state index in [9.17, 15) is 9.59 Å². The maximum Gasteiger partial charge on any atom is 0.233 e. The lowest BCUT2D eigenvalue weighted by Gasteiger charge is -2.19. The highest BCUT2D eigenvalue weighted by molar-refractivity contribution is 14.0. The van der Waals surface area contributed by atoms with E-state index >= 15 is 0 Å². The Morgan fingerprint density at radius 1 is 1.10 bits per heavy atom. The first kappa shape index (κ1) is 23.6. The minimum absolute atomic E-state index is 0. The van der Waals surface area contributed by atoms with Crippen molar-refractivity contribution in [1.29, 1.82) is 0 Å². The minimum atomic E-state index is -0.129. The van der Waals surface area contributed by atoms with E-state index in [1.807, 2.05) is 25.1 Å². The Hall–Kier alpha value is -2.10. The van der Waals surface area contributed by atoms with Crippen molar-refractivity contribution in [2.45, 2.75) is 19.8 Å². The van der Waals surface area contributed by atoms with Gasteiger partial charge in [-0.1, -0.05) is 30.4 Å². The highest BCUT2D eigenvalue weighted by Crippen LogP contribution is 2.52. The number of halogens is 1. The zero-order valence-electron chi connectivity index (χ0n) is 18.0.